The number of nitrogens with zero attached hydrogens (tertiary/aromatic N) is 3. The second kappa shape index (κ2) is 8.47. The number of likely N-dealkylation sites (tertiary alicyclic amines) is 1. The van der Waals surface area contributed by atoms with Crippen LogP contribution in [-0.2, 0) is 6.42 Å². The van der Waals surface area contributed by atoms with Gasteiger partial charge in [-0.2, -0.15) is 0 Å². The normalized spacial score (nSPS) is 14.8. The molecule has 3 heterocycles. The van der Waals surface area contributed by atoms with E-state index in [4.69, 9.17) is 0 Å². The maximum atomic E-state index is 13.9. The van der Waals surface area contributed by atoms with E-state index in [1.54, 1.807) is 30.7 Å². The van der Waals surface area contributed by atoms with Crippen LogP contribution >= 0.6 is 0 Å². The Balaban J connectivity index is 1.44. The number of aromatic nitrogens is 2. The van der Waals surface area contributed by atoms with Gasteiger partial charge in [-0.25, -0.2) is 8.78 Å². The topological polar surface area (TPSA) is 46.1 Å². The largest absolute Gasteiger partial charge is 0.339 e. The van der Waals surface area contributed by atoms with Crippen LogP contribution in [0, 0.1) is 17.6 Å². The van der Waals surface area contributed by atoms with Crippen molar-refractivity contribution in [2.24, 2.45) is 5.92 Å². The molecule has 6 heteroatoms. The summed E-state index contributed by atoms with van der Waals surface area (Å²) in [5.41, 5.74) is 2.46. The SMILES string of the molecule is O=C(c1cccnc1-c1ccncc1)N1CCC(Cc2cc(F)ccc2F)CC1. The summed E-state index contributed by atoms with van der Waals surface area (Å²) < 4.78 is 27.3. The summed E-state index contributed by atoms with van der Waals surface area (Å²) in [5.74, 6) is -0.624. The highest BCUT2D eigenvalue weighted by Crippen LogP contribution is 2.27. The molecule has 1 amide bonds. The summed E-state index contributed by atoms with van der Waals surface area (Å²) >= 11 is 0. The van der Waals surface area contributed by atoms with Gasteiger partial charge in [0.2, 0.25) is 0 Å². The van der Waals surface area contributed by atoms with Gasteiger partial charge in [0.1, 0.15) is 11.6 Å². The monoisotopic (exact) mass is 393 g/mol. The number of halogens is 2. The quantitative estimate of drug-likeness (QED) is 0.655. The number of carbonyl (C=O) groups is 1. The van der Waals surface area contributed by atoms with E-state index in [1.165, 1.54) is 12.1 Å². The molecule has 0 unspecified atom stereocenters. The van der Waals surface area contributed by atoms with E-state index in [2.05, 4.69) is 9.97 Å². The average Bonchev–Trinajstić information content (AvgIpc) is 2.77. The average molecular weight is 393 g/mol. The van der Waals surface area contributed by atoms with Crippen LogP contribution in [0.1, 0.15) is 28.8 Å². The molecule has 0 spiro atoms. The van der Waals surface area contributed by atoms with Crippen molar-refractivity contribution in [3.63, 3.8) is 0 Å². The molecule has 0 bridgehead atoms. The van der Waals surface area contributed by atoms with E-state index in [1.807, 2.05) is 17.0 Å². The Labute approximate surface area is 168 Å². The molecule has 0 N–H and O–H groups in total. The van der Waals surface area contributed by atoms with Gasteiger partial charge in [0.05, 0.1) is 11.3 Å². The standard InChI is InChI=1S/C23H21F2N3O/c24-19-3-4-21(25)18(15-19)14-16-7-12-28(13-8-16)23(29)20-2-1-9-27-22(20)17-5-10-26-11-6-17/h1-6,9-11,15-16H,7-8,12-14H2. The summed E-state index contributed by atoms with van der Waals surface area (Å²) in [4.78, 5) is 23.4. The summed E-state index contributed by atoms with van der Waals surface area (Å²) in [7, 11) is 0. The van der Waals surface area contributed by atoms with Gasteiger partial charge in [0.15, 0.2) is 0 Å². The van der Waals surface area contributed by atoms with Crippen LogP contribution in [0.2, 0.25) is 0 Å². The van der Waals surface area contributed by atoms with Crippen LogP contribution in [0.15, 0.2) is 61.1 Å². The molecule has 0 atom stereocenters. The third-order valence-electron chi connectivity index (χ3n) is 5.41. The van der Waals surface area contributed by atoms with Crippen LogP contribution in [0.25, 0.3) is 11.3 Å². The van der Waals surface area contributed by atoms with Crippen LogP contribution in [0.3, 0.4) is 0 Å². The van der Waals surface area contributed by atoms with Gasteiger partial charge in [0.25, 0.3) is 5.91 Å². The fraction of sp³-hybridized carbons (Fsp3) is 0.261. The predicted molar refractivity (Wildman–Crippen MR) is 106 cm³/mol. The van der Waals surface area contributed by atoms with Crippen molar-refractivity contribution < 1.29 is 13.6 Å². The maximum absolute atomic E-state index is 13.9. The molecule has 3 aromatic rings. The maximum Gasteiger partial charge on any atom is 0.256 e. The minimum Gasteiger partial charge on any atom is -0.339 e. The lowest BCUT2D eigenvalue weighted by molar-refractivity contribution is 0.0690. The van der Waals surface area contributed by atoms with Gasteiger partial charge in [-0.3, -0.25) is 14.8 Å². The first-order valence-electron chi connectivity index (χ1n) is 9.70. The van der Waals surface area contributed by atoms with E-state index in [-0.39, 0.29) is 17.6 Å². The van der Waals surface area contributed by atoms with E-state index >= 15 is 0 Å². The van der Waals surface area contributed by atoms with Gasteiger partial charge in [-0.05, 0) is 73.2 Å². The molecule has 4 rings (SSSR count). The Kier molecular flexibility index (Phi) is 5.60. The van der Waals surface area contributed by atoms with Crippen LogP contribution in [0.5, 0.6) is 0 Å². The third-order valence-corrected chi connectivity index (χ3v) is 5.41. The minimum atomic E-state index is -0.422. The van der Waals surface area contributed by atoms with Crippen molar-refractivity contribution in [2.45, 2.75) is 19.3 Å². The van der Waals surface area contributed by atoms with E-state index in [9.17, 15) is 13.6 Å². The molecule has 1 fully saturated rings. The fourth-order valence-corrected chi connectivity index (χ4v) is 3.84. The number of hydrogen-bond acceptors (Lipinski definition) is 3. The second-order valence-corrected chi connectivity index (χ2v) is 7.31. The molecule has 0 saturated carbocycles. The molecular formula is C23H21F2N3O. The van der Waals surface area contributed by atoms with Gasteiger partial charge < -0.3 is 4.90 Å². The number of pyridine rings is 2. The molecular weight excluding hydrogens is 372 g/mol. The second-order valence-electron chi connectivity index (χ2n) is 7.31. The van der Waals surface area contributed by atoms with E-state index in [0.717, 1.165) is 24.5 Å². The van der Waals surface area contributed by atoms with Gasteiger partial charge >= 0.3 is 0 Å². The van der Waals surface area contributed by atoms with Crippen molar-refractivity contribution >= 4 is 5.91 Å². The Morgan fingerprint density at radius 2 is 1.79 bits per heavy atom. The first-order chi connectivity index (χ1) is 14.1. The molecule has 1 aliphatic rings. The smallest absolute Gasteiger partial charge is 0.256 e. The molecule has 29 heavy (non-hydrogen) atoms. The number of piperidine rings is 1. The summed E-state index contributed by atoms with van der Waals surface area (Å²) in [5, 5.41) is 0. The Morgan fingerprint density at radius 1 is 1.03 bits per heavy atom. The number of hydrogen-bond donors (Lipinski definition) is 0. The molecule has 1 aromatic carbocycles. The van der Waals surface area contributed by atoms with Crippen LogP contribution in [0.4, 0.5) is 8.78 Å². The number of amides is 1. The summed E-state index contributed by atoms with van der Waals surface area (Å²) in [6, 6.07) is 10.8. The molecule has 0 aliphatic carbocycles. The Bertz CT molecular complexity index is 1000. The lowest BCUT2D eigenvalue weighted by Crippen LogP contribution is -2.39. The summed E-state index contributed by atoms with van der Waals surface area (Å²) in [6.45, 7) is 1.18. The lowest BCUT2D eigenvalue weighted by Gasteiger charge is -2.32. The minimum absolute atomic E-state index is 0.0553. The molecule has 1 aliphatic heterocycles. The van der Waals surface area contributed by atoms with E-state index in [0.29, 0.717) is 36.3 Å². The highest BCUT2D eigenvalue weighted by molar-refractivity contribution is 5.99. The van der Waals surface area contributed by atoms with Crippen molar-refractivity contribution in [1.29, 1.82) is 0 Å². The molecule has 1 saturated heterocycles. The first-order valence-corrected chi connectivity index (χ1v) is 9.70. The molecule has 148 valence electrons. The number of carbonyl (C=O) groups excluding carboxylic acids is 1. The van der Waals surface area contributed by atoms with Crippen LogP contribution in [-0.4, -0.2) is 33.9 Å². The van der Waals surface area contributed by atoms with Crippen molar-refractivity contribution in [1.82, 2.24) is 14.9 Å². The van der Waals surface area contributed by atoms with Gasteiger partial charge in [-0.1, -0.05) is 0 Å². The first kappa shape index (κ1) is 19.2. The van der Waals surface area contributed by atoms with Gasteiger partial charge in [-0.15, -0.1) is 0 Å². The van der Waals surface area contributed by atoms with Crippen molar-refractivity contribution in [3.8, 4) is 11.3 Å². The molecule has 0 radical (unpaired) electrons. The van der Waals surface area contributed by atoms with Gasteiger partial charge in [0, 0.05) is 37.2 Å². The zero-order valence-corrected chi connectivity index (χ0v) is 15.9. The van der Waals surface area contributed by atoms with E-state index < -0.39 is 5.82 Å². The lowest BCUT2D eigenvalue weighted by atomic mass is 9.89. The number of benzene rings is 1. The Morgan fingerprint density at radius 3 is 2.55 bits per heavy atom. The highest BCUT2D eigenvalue weighted by Gasteiger charge is 2.26. The predicted octanol–water partition coefficient (Wildman–Crippen LogP) is 4.52. The fourth-order valence-electron chi connectivity index (χ4n) is 3.84. The number of rotatable bonds is 4. The zero-order valence-electron chi connectivity index (χ0n) is 15.9. The summed E-state index contributed by atoms with van der Waals surface area (Å²) in [6.07, 6.45) is 7.02. The third kappa shape index (κ3) is 4.31. The highest BCUT2D eigenvalue weighted by atomic mass is 19.1. The molecule has 4 nitrogen and oxygen atoms in total. The van der Waals surface area contributed by atoms with Crippen molar-refractivity contribution in [2.75, 3.05) is 13.1 Å². The zero-order chi connectivity index (χ0) is 20.2. The Hall–Kier alpha value is -3.15. The van der Waals surface area contributed by atoms with Crippen molar-refractivity contribution in [3.05, 3.63) is 83.8 Å². The molecule has 2 aromatic heterocycles. The van der Waals surface area contributed by atoms with Crippen LogP contribution < -0.4 is 0 Å².